The molecule has 1 radical (unpaired) electrons. The van der Waals surface area contributed by atoms with Gasteiger partial charge in [0.1, 0.15) is 11.3 Å². The van der Waals surface area contributed by atoms with Gasteiger partial charge in [0, 0.05) is 35.6 Å². The fourth-order valence-corrected chi connectivity index (χ4v) is 1.07. The van der Waals surface area contributed by atoms with E-state index in [-0.39, 0.29) is 45.9 Å². The zero-order chi connectivity index (χ0) is 10.0. The smallest absolute Gasteiger partial charge is 0.339 e. The van der Waals surface area contributed by atoms with E-state index in [2.05, 4.69) is 0 Å². The van der Waals surface area contributed by atoms with Crippen molar-refractivity contribution in [3.05, 3.63) is 22.7 Å². The molecule has 1 aromatic rings. The molecule has 0 atom stereocenters. The predicted molar refractivity (Wildman–Crippen MR) is 55.1 cm³/mol. The minimum Gasteiger partial charge on any atom is -0.496 e. The Kier molecular flexibility index (Phi) is 5.29. The van der Waals surface area contributed by atoms with Gasteiger partial charge in [-0.1, -0.05) is 11.6 Å². The SMILES string of the molecule is COc1cc(N)c(Cl)cc1C(=O)O.[Na]. The molecule has 0 saturated heterocycles. The van der Waals surface area contributed by atoms with Crippen LogP contribution in [0.1, 0.15) is 10.4 Å². The average Bonchev–Trinajstić information content (AvgIpc) is 2.08. The molecule has 0 saturated carbocycles. The Bertz CT molecular complexity index is 357. The van der Waals surface area contributed by atoms with E-state index in [0.717, 1.165) is 0 Å². The van der Waals surface area contributed by atoms with Gasteiger partial charge in [0.25, 0.3) is 0 Å². The first-order chi connectivity index (χ1) is 6.06. The topological polar surface area (TPSA) is 72.5 Å². The van der Waals surface area contributed by atoms with Crippen LogP contribution in [0.25, 0.3) is 0 Å². The molecule has 0 unspecified atom stereocenters. The van der Waals surface area contributed by atoms with Crippen LogP contribution in [-0.4, -0.2) is 47.7 Å². The van der Waals surface area contributed by atoms with E-state index in [1.807, 2.05) is 0 Å². The van der Waals surface area contributed by atoms with Gasteiger partial charge >= 0.3 is 5.97 Å². The number of hydrogen-bond donors (Lipinski definition) is 2. The second-order valence-corrected chi connectivity index (χ2v) is 2.79. The molecule has 71 valence electrons. The third kappa shape index (κ3) is 2.78. The summed E-state index contributed by atoms with van der Waals surface area (Å²) in [5.74, 6) is -0.895. The molecule has 0 heterocycles. The number of rotatable bonds is 2. The van der Waals surface area contributed by atoms with Crippen molar-refractivity contribution < 1.29 is 14.6 Å². The number of carboxylic acids is 1. The Morgan fingerprint density at radius 1 is 1.57 bits per heavy atom. The molecule has 0 aromatic heterocycles. The van der Waals surface area contributed by atoms with E-state index < -0.39 is 5.97 Å². The molecular weight excluding hydrogens is 217 g/mol. The van der Waals surface area contributed by atoms with Crippen molar-refractivity contribution >= 4 is 52.8 Å². The van der Waals surface area contributed by atoms with Crippen LogP contribution in [0.5, 0.6) is 5.75 Å². The van der Waals surface area contributed by atoms with Crippen molar-refractivity contribution in [2.24, 2.45) is 0 Å². The summed E-state index contributed by atoms with van der Waals surface area (Å²) < 4.78 is 4.82. The van der Waals surface area contributed by atoms with Gasteiger partial charge in [0.05, 0.1) is 17.8 Å². The van der Waals surface area contributed by atoms with Crippen molar-refractivity contribution in [1.82, 2.24) is 0 Å². The molecule has 1 aromatic carbocycles. The zero-order valence-electron chi connectivity index (χ0n) is 7.87. The largest absolute Gasteiger partial charge is 0.496 e. The average molecular weight is 225 g/mol. The number of hydrogen-bond acceptors (Lipinski definition) is 3. The molecule has 1 rings (SSSR count). The molecule has 0 amide bonds. The third-order valence-corrected chi connectivity index (χ3v) is 1.88. The number of methoxy groups -OCH3 is 1. The molecule has 6 heteroatoms. The summed E-state index contributed by atoms with van der Waals surface area (Å²) in [6.45, 7) is 0. The van der Waals surface area contributed by atoms with E-state index >= 15 is 0 Å². The van der Waals surface area contributed by atoms with Gasteiger partial charge in [-0.05, 0) is 6.07 Å². The Labute approximate surface area is 108 Å². The summed E-state index contributed by atoms with van der Waals surface area (Å²) in [6.07, 6.45) is 0. The third-order valence-electron chi connectivity index (χ3n) is 1.55. The van der Waals surface area contributed by atoms with Crippen LogP contribution < -0.4 is 10.5 Å². The minimum atomic E-state index is -1.10. The number of aromatic carboxylic acids is 1. The van der Waals surface area contributed by atoms with Crippen LogP contribution in [0.3, 0.4) is 0 Å². The second kappa shape index (κ2) is 5.46. The summed E-state index contributed by atoms with van der Waals surface area (Å²) in [5, 5.41) is 8.94. The van der Waals surface area contributed by atoms with Crippen molar-refractivity contribution in [2.75, 3.05) is 12.8 Å². The Morgan fingerprint density at radius 3 is 2.57 bits per heavy atom. The summed E-state index contributed by atoms with van der Waals surface area (Å²) in [6, 6.07) is 2.64. The molecule has 0 bridgehead atoms. The Balaban J connectivity index is 0.00000169. The molecule has 0 aliphatic carbocycles. The van der Waals surface area contributed by atoms with Crippen molar-refractivity contribution in [1.29, 1.82) is 0 Å². The summed E-state index contributed by atoms with van der Waals surface area (Å²) in [4.78, 5) is 10.7. The summed E-state index contributed by atoms with van der Waals surface area (Å²) in [5.41, 5.74) is 5.76. The van der Waals surface area contributed by atoms with Gasteiger partial charge in [-0.15, -0.1) is 0 Å². The molecular formula is C8H8ClNNaO3. The maximum absolute atomic E-state index is 10.7. The predicted octanol–water partition coefficient (Wildman–Crippen LogP) is 1.25. The number of nitrogens with two attached hydrogens (primary N) is 1. The van der Waals surface area contributed by atoms with Crippen molar-refractivity contribution in [3.63, 3.8) is 0 Å². The zero-order valence-corrected chi connectivity index (χ0v) is 10.6. The quantitative estimate of drug-likeness (QED) is 0.586. The standard InChI is InChI=1S/C8H8ClNO3.Na/c1-13-7-3-6(10)5(9)2-4(7)8(11)12;/h2-3H,10H2,1H3,(H,11,12);. The minimum absolute atomic E-state index is 0. The van der Waals surface area contributed by atoms with E-state index in [1.165, 1.54) is 19.2 Å². The number of benzene rings is 1. The first kappa shape index (κ1) is 13.6. The van der Waals surface area contributed by atoms with E-state index in [9.17, 15) is 4.79 Å². The molecule has 0 spiro atoms. The fraction of sp³-hybridized carbons (Fsp3) is 0.125. The summed E-state index contributed by atoms with van der Waals surface area (Å²) in [7, 11) is 1.37. The van der Waals surface area contributed by atoms with Crippen LogP contribution in [0.4, 0.5) is 5.69 Å². The van der Waals surface area contributed by atoms with Gasteiger partial charge in [0.15, 0.2) is 0 Å². The number of carbonyl (C=O) groups is 1. The Hall–Kier alpha value is -0.420. The first-order valence-electron chi connectivity index (χ1n) is 3.42. The molecule has 4 nitrogen and oxygen atoms in total. The van der Waals surface area contributed by atoms with Gasteiger partial charge < -0.3 is 15.6 Å². The van der Waals surface area contributed by atoms with Crippen LogP contribution >= 0.6 is 11.6 Å². The molecule has 0 fully saturated rings. The number of nitrogen functional groups attached to an aromatic ring is 1. The Morgan fingerprint density at radius 2 is 2.14 bits per heavy atom. The summed E-state index contributed by atoms with van der Waals surface area (Å²) >= 11 is 5.64. The maximum atomic E-state index is 10.7. The van der Waals surface area contributed by atoms with Crippen LogP contribution in [-0.2, 0) is 0 Å². The number of halogens is 1. The number of anilines is 1. The van der Waals surface area contributed by atoms with Crippen LogP contribution in [0.15, 0.2) is 12.1 Å². The van der Waals surface area contributed by atoms with Gasteiger partial charge in [-0.3, -0.25) is 0 Å². The number of carboxylic acid groups (broad SMARTS) is 1. The second-order valence-electron chi connectivity index (χ2n) is 2.38. The van der Waals surface area contributed by atoms with E-state index in [0.29, 0.717) is 5.69 Å². The fourth-order valence-electron chi connectivity index (χ4n) is 0.905. The first-order valence-corrected chi connectivity index (χ1v) is 3.80. The van der Waals surface area contributed by atoms with E-state index in [1.54, 1.807) is 0 Å². The van der Waals surface area contributed by atoms with Crippen molar-refractivity contribution in [2.45, 2.75) is 0 Å². The molecule has 0 aliphatic rings. The van der Waals surface area contributed by atoms with Crippen molar-refractivity contribution in [3.8, 4) is 5.75 Å². The van der Waals surface area contributed by atoms with Gasteiger partial charge in [-0.25, -0.2) is 4.79 Å². The van der Waals surface area contributed by atoms with Gasteiger partial charge in [-0.2, -0.15) is 0 Å². The van der Waals surface area contributed by atoms with Crippen LogP contribution in [0, 0.1) is 0 Å². The molecule has 14 heavy (non-hydrogen) atoms. The van der Waals surface area contributed by atoms with Crippen LogP contribution in [0.2, 0.25) is 5.02 Å². The maximum Gasteiger partial charge on any atom is 0.339 e. The molecule has 0 aliphatic heterocycles. The normalized spacial score (nSPS) is 9.00. The number of ether oxygens (including phenoxy) is 1. The molecule has 3 N–H and O–H groups in total. The monoisotopic (exact) mass is 224 g/mol. The van der Waals surface area contributed by atoms with Gasteiger partial charge in [0.2, 0.25) is 0 Å². The van der Waals surface area contributed by atoms with E-state index in [4.69, 9.17) is 27.2 Å².